The van der Waals surface area contributed by atoms with Crippen LogP contribution in [0.1, 0.15) is 11.1 Å². The van der Waals surface area contributed by atoms with Gasteiger partial charge < -0.3 is 5.11 Å². The number of nitrogens with zero attached hydrogens (tertiary/aromatic N) is 1. The second-order valence-corrected chi connectivity index (χ2v) is 2.73. The van der Waals surface area contributed by atoms with Crippen LogP contribution in [0, 0.1) is 29.0 Å². The van der Waals surface area contributed by atoms with E-state index in [-0.39, 0.29) is 12.0 Å². The number of aliphatic carboxylic acids is 1. The predicted octanol–water partition coefficient (Wildman–Crippen LogP) is 1.33. The lowest BCUT2D eigenvalue weighted by atomic mass is 10.0. The summed E-state index contributed by atoms with van der Waals surface area (Å²) in [7, 11) is 0. The molecule has 0 aliphatic heterocycles. The average molecular weight is 203 g/mol. The van der Waals surface area contributed by atoms with Gasteiger partial charge in [0.25, 0.3) is 0 Å². The Bertz CT molecular complexity index is 492. The fraction of sp³-hybridized carbons (Fsp3) is 0.0909. The van der Waals surface area contributed by atoms with Crippen LogP contribution in [0.3, 0.4) is 0 Å². The van der Waals surface area contributed by atoms with Crippen LogP contribution in [0.2, 0.25) is 0 Å². The fourth-order valence-corrected chi connectivity index (χ4v) is 1.09. The van der Waals surface area contributed by atoms with Crippen molar-refractivity contribution in [1.29, 1.82) is 5.26 Å². The molecule has 0 saturated heterocycles. The molecule has 0 saturated carbocycles. The van der Waals surface area contributed by atoms with E-state index >= 15 is 0 Å². The van der Waals surface area contributed by atoms with Gasteiger partial charge >= 0.3 is 5.97 Å². The Morgan fingerprint density at radius 3 is 2.87 bits per heavy atom. The predicted molar refractivity (Wildman–Crippen MR) is 50.2 cm³/mol. The summed E-state index contributed by atoms with van der Waals surface area (Å²) in [5.41, 5.74) is 0.630. The summed E-state index contributed by atoms with van der Waals surface area (Å²) in [4.78, 5) is 10.5. The second kappa shape index (κ2) is 4.78. The molecule has 0 radical (unpaired) electrons. The highest BCUT2D eigenvalue weighted by Gasteiger charge is 2.06. The van der Waals surface area contributed by atoms with Crippen LogP contribution in [0.4, 0.5) is 4.39 Å². The first-order chi connectivity index (χ1) is 7.13. The highest BCUT2D eigenvalue weighted by atomic mass is 19.1. The molecule has 0 heterocycles. The SMILES string of the molecule is N#CC#Cc1ccc(F)cc1CC(=O)O. The second-order valence-electron chi connectivity index (χ2n) is 2.73. The first-order valence-corrected chi connectivity index (χ1v) is 4.04. The topological polar surface area (TPSA) is 61.1 Å². The number of nitriles is 1. The minimum absolute atomic E-state index is 0.269. The molecule has 0 atom stereocenters. The third-order valence-corrected chi connectivity index (χ3v) is 1.66. The van der Waals surface area contributed by atoms with Gasteiger partial charge in [0.1, 0.15) is 5.82 Å². The van der Waals surface area contributed by atoms with Gasteiger partial charge in [0.15, 0.2) is 6.07 Å². The largest absolute Gasteiger partial charge is 0.481 e. The summed E-state index contributed by atoms with van der Waals surface area (Å²) in [6.45, 7) is 0. The minimum atomic E-state index is -1.07. The maximum absolute atomic E-state index is 12.8. The molecule has 0 amide bonds. The normalized spacial score (nSPS) is 8.53. The molecule has 1 aromatic rings. The zero-order valence-corrected chi connectivity index (χ0v) is 7.62. The molecular weight excluding hydrogens is 197 g/mol. The van der Waals surface area contributed by atoms with Crippen molar-refractivity contribution in [2.75, 3.05) is 0 Å². The Morgan fingerprint density at radius 1 is 1.53 bits per heavy atom. The maximum atomic E-state index is 12.8. The van der Waals surface area contributed by atoms with Gasteiger partial charge in [-0.25, -0.2) is 4.39 Å². The number of carbonyl (C=O) groups is 1. The summed E-state index contributed by atoms with van der Waals surface area (Å²) < 4.78 is 12.8. The van der Waals surface area contributed by atoms with Gasteiger partial charge in [0, 0.05) is 11.5 Å². The van der Waals surface area contributed by atoms with Crippen molar-refractivity contribution >= 4 is 5.97 Å². The Morgan fingerprint density at radius 2 is 2.27 bits per heavy atom. The van der Waals surface area contributed by atoms with Gasteiger partial charge in [-0.05, 0) is 23.8 Å². The molecule has 1 rings (SSSR count). The lowest BCUT2D eigenvalue weighted by molar-refractivity contribution is -0.136. The Labute approximate surface area is 85.8 Å². The van der Waals surface area contributed by atoms with E-state index in [1.807, 2.05) is 0 Å². The molecule has 0 unspecified atom stereocenters. The first kappa shape index (κ1) is 10.7. The molecule has 4 heteroatoms. The smallest absolute Gasteiger partial charge is 0.307 e. The van der Waals surface area contributed by atoms with Crippen molar-refractivity contribution < 1.29 is 14.3 Å². The van der Waals surface area contributed by atoms with E-state index in [4.69, 9.17) is 10.4 Å². The van der Waals surface area contributed by atoms with Crippen LogP contribution in [0.25, 0.3) is 0 Å². The maximum Gasteiger partial charge on any atom is 0.307 e. The number of carboxylic acids is 1. The van der Waals surface area contributed by atoms with Crippen molar-refractivity contribution in [3.63, 3.8) is 0 Å². The number of rotatable bonds is 2. The van der Waals surface area contributed by atoms with Crippen molar-refractivity contribution in [2.24, 2.45) is 0 Å². The van der Waals surface area contributed by atoms with Crippen molar-refractivity contribution in [3.05, 3.63) is 35.1 Å². The highest BCUT2D eigenvalue weighted by molar-refractivity contribution is 5.71. The molecule has 0 spiro atoms. The molecule has 1 N–H and O–H groups in total. The van der Waals surface area contributed by atoms with E-state index < -0.39 is 11.8 Å². The number of benzene rings is 1. The number of carboxylic acid groups (broad SMARTS) is 1. The highest BCUT2D eigenvalue weighted by Crippen LogP contribution is 2.11. The third-order valence-electron chi connectivity index (χ3n) is 1.66. The van der Waals surface area contributed by atoms with Crippen LogP contribution in [0.5, 0.6) is 0 Å². The first-order valence-electron chi connectivity index (χ1n) is 4.04. The van der Waals surface area contributed by atoms with Gasteiger partial charge in [0.2, 0.25) is 0 Å². The quantitative estimate of drug-likeness (QED) is 0.737. The molecule has 0 aromatic heterocycles. The molecule has 0 bridgehead atoms. The lowest BCUT2D eigenvalue weighted by Gasteiger charge is -2.00. The molecule has 0 aliphatic carbocycles. The van der Waals surface area contributed by atoms with Gasteiger partial charge in [0.05, 0.1) is 6.42 Å². The molecule has 0 fully saturated rings. The Kier molecular flexibility index (Phi) is 3.43. The molecule has 3 nitrogen and oxygen atoms in total. The van der Waals surface area contributed by atoms with Gasteiger partial charge in [-0.1, -0.05) is 5.92 Å². The van der Waals surface area contributed by atoms with E-state index in [0.717, 1.165) is 6.07 Å². The van der Waals surface area contributed by atoms with E-state index in [1.54, 1.807) is 6.07 Å². The van der Waals surface area contributed by atoms with Gasteiger partial charge in [-0.2, -0.15) is 5.26 Å². The van der Waals surface area contributed by atoms with Crippen LogP contribution in [-0.2, 0) is 11.2 Å². The summed E-state index contributed by atoms with van der Waals surface area (Å²) >= 11 is 0. The summed E-state index contributed by atoms with van der Waals surface area (Å²) in [6.07, 6.45) is -0.312. The van der Waals surface area contributed by atoms with Crippen LogP contribution in [-0.4, -0.2) is 11.1 Å². The molecule has 0 aliphatic rings. The van der Waals surface area contributed by atoms with E-state index in [2.05, 4.69) is 11.8 Å². The summed E-state index contributed by atoms with van der Waals surface area (Å²) in [5.74, 6) is 3.00. The number of hydrogen-bond donors (Lipinski definition) is 1. The molecule has 15 heavy (non-hydrogen) atoms. The van der Waals surface area contributed by atoms with Crippen molar-refractivity contribution in [1.82, 2.24) is 0 Å². The summed E-state index contributed by atoms with van der Waals surface area (Å²) in [6, 6.07) is 5.25. The van der Waals surface area contributed by atoms with Crippen molar-refractivity contribution in [3.8, 4) is 17.9 Å². The molecule has 74 valence electrons. The minimum Gasteiger partial charge on any atom is -0.481 e. The van der Waals surface area contributed by atoms with Crippen LogP contribution >= 0.6 is 0 Å². The molecule has 1 aromatic carbocycles. The zero-order valence-electron chi connectivity index (χ0n) is 7.62. The van der Waals surface area contributed by atoms with E-state index in [9.17, 15) is 9.18 Å². The van der Waals surface area contributed by atoms with Gasteiger partial charge in [-0.3, -0.25) is 4.79 Å². The Hall–Kier alpha value is -2.33. The zero-order chi connectivity index (χ0) is 11.3. The molecular formula is C11H6FNO2. The van der Waals surface area contributed by atoms with Crippen LogP contribution in [0.15, 0.2) is 18.2 Å². The number of hydrogen-bond acceptors (Lipinski definition) is 2. The average Bonchev–Trinajstić information content (AvgIpc) is 2.16. The monoisotopic (exact) mass is 203 g/mol. The standard InChI is InChI=1S/C11H6FNO2/c12-10-4-3-8(2-1-5-13)9(6-10)7-11(14)15/h3-4,6H,7H2,(H,14,15). The Balaban J connectivity index is 3.15. The lowest BCUT2D eigenvalue weighted by Crippen LogP contribution is -2.02. The summed E-state index contributed by atoms with van der Waals surface area (Å²) in [5, 5.41) is 16.8. The third kappa shape index (κ3) is 3.13. The number of halogens is 1. The van der Waals surface area contributed by atoms with Crippen LogP contribution < -0.4 is 0 Å². The fourth-order valence-electron chi connectivity index (χ4n) is 1.09. The van der Waals surface area contributed by atoms with E-state index in [1.165, 1.54) is 12.1 Å². The van der Waals surface area contributed by atoms with E-state index in [0.29, 0.717) is 5.56 Å². The van der Waals surface area contributed by atoms with Crippen molar-refractivity contribution in [2.45, 2.75) is 6.42 Å². The van der Waals surface area contributed by atoms with Gasteiger partial charge in [-0.15, -0.1) is 0 Å².